The maximum Gasteiger partial charge on any atom is 0.0942 e. The Kier molecular flexibility index (Phi) is 3.81. The van der Waals surface area contributed by atoms with Crippen molar-refractivity contribution in [3.8, 4) is 0 Å². The van der Waals surface area contributed by atoms with Gasteiger partial charge in [0.1, 0.15) is 0 Å². The van der Waals surface area contributed by atoms with Crippen molar-refractivity contribution in [2.24, 2.45) is 0 Å². The first-order valence-corrected chi connectivity index (χ1v) is 5.96. The van der Waals surface area contributed by atoms with Gasteiger partial charge in [-0.15, -0.1) is 0 Å². The van der Waals surface area contributed by atoms with Crippen LogP contribution in [0, 0.1) is 0 Å². The molecule has 2 rings (SSSR count). The van der Waals surface area contributed by atoms with Crippen LogP contribution in [0.5, 0.6) is 0 Å². The van der Waals surface area contributed by atoms with Gasteiger partial charge in [-0.25, -0.2) is 0 Å². The van der Waals surface area contributed by atoms with Crippen LogP contribution < -0.4 is 0 Å². The predicted octanol–water partition coefficient (Wildman–Crippen LogP) is 1.04. The molecule has 1 aliphatic heterocycles. The van der Waals surface area contributed by atoms with Crippen molar-refractivity contribution in [1.82, 2.24) is 15.1 Å². The number of methoxy groups -OCH3 is 1. The van der Waals surface area contributed by atoms with E-state index in [0.717, 1.165) is 25.3 Å². The fourth-order valence-corrected chi connectivity index (χ4v) is 2.42. The molecule has 1 N–H and O–H groups in total. The number of hydrogen-bond donors (Lipinski definition) is 1. The quantitative estimate of drug-likeness (QED) is 0.853. The number of rotatable bonds is 4. The molecule has 0 saturated carbocycles. The molecule has 1 aromatic heterocycles. The van der Waals surface area contributed by atoms with E-state index >= 15 is 0 Å². The van der Waals surface area contributed by atoms with Gasteiger partial charge in [0.05, 0.1) is 18.3 Å². The smallest absolute Gasteiger partial charge is 0.0942 e. The van der Waals surface area contributed by atoms with Crippen molar-refractivity contribution < 1.29 is 9.47 Å². The van der Waals surface area contributed by atoms with Gasteiger partial charge in [0, 0.05) is 38.6 Å². The second kappa shape index (κ2) is 5.16. The summed E-state index contributed by atoms with van der Waals surface area (Å²) in [6.45, 7) is 7.59. The van der Waals surface area contributed by atoms with E-state index in [-0.39, 0.29) is 11.7 Å². The van der Waals surface area contributed by atoms with Gasteiger partial charge in [0.15, 0.2) is 0 Å². The molecule has 96 valence electrons. The Morgan fingerprint density at radius 1 is 1.65 bits per heavy atom. The highest BCUT2D eigenvalue weighted by atomic mass is 16.5. The third-order valence-corrected chi connectivity index (χ3v) is 2.86. The lowest BCUT2D eigenvalue weighted by molar-refractivity contribution is -0.154. The van der Waals surface area contributed by atoms with Crippen molar-refractivity contribution in [3.05, 3.63) is 18.0 Å². The molecule has 1 unspecified atom stereocenters. The molecule has 0 amide bonds. The zero-order valence-corrected chi connectivity index (χ0v) is 10.8. The monoisotopic (exact) mass is 239 g/mol. The van der Waals surface area contributed by atoms with Gasteiger partial charge in [-0.05, 0) is 19.9 Å². The first-order chi connectivity index (χ1) is 8.09. The largest absolute Gasteiger partial charge is 0.382 e. The molecule has 1 saturated heterocycles. The molecule has 1 fully saturated rings. The standard InChI is InChI=1S/C12H21N3O2/c1-12(2)9-15(6-10-4-5-13-14-10)7-11(17-12)8-16-3/h4-5,11H,6-9H2,1-3H3,(H,13,14). The summed E-state index contributed by atoms with van der Waals surface area (Å²) in [7, 11) is 1.71. The van der Waals surface area contributed by atoms with Gasteiger partial charge in [0.25, 0.3) is 0 Å². The molecular weight excluding hydrogens is 218 g/mol. The van der Waals surface area contributed by atoms with Gasteiger partial charge < -0.3 is 9.47 Å². The Balaban J connectivity index is 1.97. The summed E-state index contributed by atoms with van der Waals surface area (Å²) in [6.07, 6.45) is 1.93. The number of morpholine rings is 1. The normalized spacial score (nSPS) is 25.0. The summed E-state index contributed by atoms with van der Waals surface area (Å²) in [5.74, 6) is 0. The summed E-state index contributed by atoms with van der Waals surface area (Å²) in [6, 6.07) is 2.01. The number of nitrogens with one attached hydrogen (secondary N) is 1. The molecule has 1 atom stereocenters. The Bertz CT molecular complexity index is 338. The summed E-state index contributed by atoms with van der Waals surface area (Å²) in [5, 5.41) is 6.97. The van der Waals surface area contributed by atoms with Crippen LogP contribution in [-0.2, 0) is 16.0 Å². The van der Waals surface area contributed by atoms with Crippen LogP contribution in [0.4, 0.5) is 0 Å². The summed E-state index contributed by atoms with van der Waals surface area (Å²) >= 11 is 0. The van der Waals surface area contributed by atoms with Crippen molar-refractivity contribution >= 4 is 0 Å². The molecule has 0 aliphatic carbocycles. The predicted molar refractivity (Wildman–Crippen MR) is 64.7 cm³/mol. The van der Waals surface area contributed by atoms with E-state index in [9.17, 15) is 0 Å². The maximum absolute atomic E-state index is 5.97. The summed E-state index contributed by atoms with van der Waals surface area (Å²) in [5.41, 5.74) is 1.01. The van der Waals surface area contributed by atoms with E-state index < -0.39 is 0 Å². The van der Waals surface area contributed by atoms with Crippen LogP contribution in [0.1, 0.15) is 19.5 Å². The van der Waals surface area contributed by atoms with Crippen molar-refractivity contribution in [1.29, 1.82) is 0 Å². The third kappa shape index (κ3) is 3.52. The molecule has 0 bridgehead atoms. The molecule has 0 radical (unpaired) electrons. The summed E-state index contributed by atoms with van der Waals surface area (Å²) in [4.78, 5) is 2.38. The molecule has 17 heavy (non-hydrogen) atoms. The van der Waals surface area contributed by atoms with Crippen LogP contribution >= 0.6 is 0 Å². The average molecular weight is 239 g/mol. The minimum Gasteiger partial charge on any atom is -0.382 e. The van der Waals surface area contributed by atoms with E-state index in [1.165, 1.54) is 0 Å². The van der Waals surface area contributed by atoms with Gasteiger partial charge >= 0.3 is 0 Å². The Morgan fingerprint density at radius 3 is 3.12 bits per heavy atom. The fourth-order valence-electron chi connectivity index (χ4n) is 2.42. The number of aromatic amines is 1. The molecule has 5 nitrogen and oxygen atoms in total. The van der Waals surface area contributed by atoms with Gasteiger partial charge in [-0.3, -0.25) is 10.00 Å². The molecule has 0 aromatic carbocycles. The minimum absolute atomic E-state index is 0.124. The molecule has 1 aliphatic rings. The highest BCUT2D eigenvalue weighted by Crippen LogP contribution is 2.22. The Hall–Kier alpha value is -0.910. The first-order valence-electron chi connectivity index (χ1n) is 5.96. The number of ether oxygens (including phenoxy) is 2. The van der Waals surface area contributed by atoms with Crippen LogP contribution in [0.3, 0.4) is 0 Å². The van der Waals surface area contributed by atoms with Crippen molar-refractivity contribution in [2.45, 2.75) is 32.1 Å². The third-order valence-electron chi connectivity index (χ3n) is 2.86. The highest BCUT2D eigenvalue weighted by Gasteiger charge is 2.33. The zero-order chi connectivity index (χ0) is 12.3. The minimum atomic E-state index is -0.124. The van der Waals surface area contributed by atoms with Crippen molar-refractivity contribution in [3.63, 3.8) is 0 Å². The molecule has 0 spiro atoms. The lowest BCUT2D eigenvalue weighted by Gasteiger charge is -2.42. The number of nitrogens with zero attached hydrogens (tertiary/aromatic N) is 2. The van der Waals surface area contributed by atoms with E-state index in [1.807, 2.05) is 6.07 Å². The second-order valence-corrected chi connectivity index (χ2v) is 5.21. The van der Waals surface area contributed by atoms with Gasteiger partial charge in [-0.2, -0.15) is 5.10 Å². The second-order valence-electron chi connectivity index (χ2n) is 5.21. The highest BCUT2D eigenvalue weighted by molar-refractivity contribution is 4.98. The number of hydrogen-bond acceptors (Lipinski definition) is 4. The lowest BCUT2D eigenvalue weighted by atomic mass is 10.1. The SMILES string of the molecule is COCC1CN(Cc2ccn[nH]2)CC(C)(C)O1. The molecule has 2 heterocycles. The first kappa shape index (κ1) is 12.5. The molecule has 1 aromatic rings. The van der Waals surface area contributed by atoms with E-state index in [4.69, 9.17) is 9.47 Å². The van der Waals surface area contributed by atoms with Crippen molar-refractivity contribution in [2.75, 3.05) is 26.8 Å². The Morgan fingerprint density at radius 2 is 2.47 bits per heavy atom. The van der Waals surface area contributed by atoms with Crippen LogP contribution in [0.25, 0.3) is 0 Å². The maximum atomic E-state index is 5.97. The topological polar surface area (TPSA) is 50.4 Å². The van der Waals surface area contributed by atoms with Crippen LogP contribution in [-0.4, -0.2) is 53.6 Å². The number of aromatic nitrogens is 2. The lowest BCUT2D eigenvalue weighted by Crippen LogP contribution is -2.53. The fraction of sp³-hybridized carbons (Fsp3) is 0.750. The van der Waals surface area contributed by atoms with Crippen LogP contribution in [0.2, 0.25) is 0 Å². The van der Waals surface area contributed by atoms with E-state index in [0.29, 0.717) is 6.61 Å². The zero-order valence-electron chi connectivity index (χ0n) is 10.8. The van der Waals surface area contributed by atoms with E-state index in [2.05, 4.69) is 28.9 Å². The number of H-pyrrole nitrogens is 1. The molecular formula is C12H21N3O2. The van der Waals surface area contributed by atoms with E-state index in [1.54, 1.807) is 13.3 Å². The van der Waals surface area contributed by atoms with Gasteiger partial charge in [0.2, 0.25) is 0 Å². The molecule has 5 heteroatoms. The Labute approximate surface area is 102 Å². The average Bonchev–Trinajstić information content (AvgIpc) is 2.68. The van der Waals surface area contributed by atoms with Gasteiger partial charge in [-0.1, -0.05) is 0 Å². The summed E-state index contributed by atoms with van der Waals surface area (Å²) < 4.78 is 11.2. The van der Waals surface area contributed by atoms with Crippen LogP contribution in [0.15, 0.2) is 12.3 Å².